The zero-order valence-electron chi connectivity index (χ0n) is 18.1. The molecule has 3 aromatic carbocycles. The minimum Gasteiger partial charge on any atom is -0.497 e. The molecule has 2 N–H and O–H groups in total. The summed E-state index contributed by atoms with van der Waals surface area (Å²) in [6.07, 6.45) is 0.649. The zero-order valence-corrected chi connectivity index (χ0v) is 18.9. The number of hydrogen-bond donors (Lipinski definition) is 2. The van der Waals surface area contributed by atoms with E-state index in [0.717, 1.165) is 17.4 Å². The van der Waals surface area contributed by atoms with E-state index in [1.807, 2.05) is 24.3 Å². The quantitative estimate of drug-likeness (QED) is 0.363. The van der Waals surface area contributed by atoms with Crippen molar-refractivity contribution in [3.63, 3.8) is 0 Å². The fourth-order valence-corrected chi connectivity index (χ4v) is 4.15. The highest BCUT2D eigenvalue weighted by atomic mass is 32.2. The number of benzene rings is 3. The highest BCUT2D eigenvalue weighted by molar-refractivity contribution is 7.92. The van der Waals surface area contributed by atoms with Crippen molar-refractivity contribution in [1.82, 2.24) is 5.32 Å². The molecule has 3 aromatic rings. The van der Waals surface area contributed by atoms with Crippen LogP contribution >= 0.6 is 0 Å². The molecule has 0 atom stereocenters. The maximum absolute atomic E-state index is 12.6. The summed E-state index contributed by atoms with van der Waals surface area (Å²) in [5.74, 6) is 0.478. The standard InChI is InChI=1S/C23H23N3O6S/c1-16-3-12-21(15-22(16)26(28)29)33(30,31)25-19-8-6-18(7-9-19)23(27)24-14-13-17-4-10-20(32-2)11-5-17/h3-12,15,25H,13-14H2,1-2H3,(H,24,27). The van der Waals surface area contributed by atoms with Gasteiger partial charge in [0.05, 0.1) is 16.9 Å². The Morgan fingerprint density at radius 2 is 1.70 bits per heavy atom. The van der Waals surface area contributed by atoms with Gasteiger partial charge in [0.2, 0.25) is 0 Å². The molecule has 1 amide bonds. The van der Waals surface area contributed by atoms with Gasteiger partial charge in [-0.15, -0.1) is 0 Å². The van der Waals surface area contributed by atoms with Gasteiger partial charge in [-0.1, -0.05) is 18.2 Å². The molecule has 0 aromatic heterocycles. The molecular formula is C23H23N3O6S. The molecular weight excluding hydrogens is 446 g/mol. The number of rotatable bonds is 9. The molecule has 0 unspecified atom stereocenters. The predicted molar refractivity (Wildman–Crippen MR) is 124 cm³/mol. The second-order valence-electron chi connectivity index (χ2n) is 7.24. The van der Waals surface area contributed by atoms with Crippen LogP contribution in [-0.4, -0.2) is 32.9 Å². The van der Waals surface area contributed by atoms with Crippen molar-refractivity contribution < 1.29 is 22.9 Å². The lowest BCUT2D eigenvalue weighted by atomic mass is 10.1. The highest BCUT2D eigenvalue weighted by Gasteiger charge is 2.20. The third kappa shape index (κ3) is 6.07. The van der Waals surface area contributed by atoms with Gasteiger partial charge in [-0.25, -0.2) is 8.42 Å². The summed E-state index contributed by atoms with van der Waals surface area (Å²) in [7, 11) is -2.44. The molecule has 0 spiro atoms. The maximum Gasteiger partial charge on any atom is 0.273 e. The first-order valence-electron chi connectivity index (χ1n) is 9.98. The lowest BCUT2D eigenvalue weighted by molar-refractivity contribution is -0.385. The predicted octanol–water partition coefficient (Wildman–Crippen LogP) is 3.69. The summed E-state index contributed by atoms with van der Waals surface area (Å²) in [5.41, 5.74) is 1.74. The highest BCUT2D eigenvalue weighted by Crippen LogP contribution is 2.24. The Morgan fingerprint density at radius 3 is 2.30 bits per heavy atom. The summed E-state index contributed by atoms with van der Waals surface area (Å²) in [5, 5.41) is 13.9. The third-order valence-electron chi connectivity index (χ3n) is 4.95. The van der Waals surface area contributed by atoms with Gasteiger partial charge in [0, 0.05) is 29.4 Å². The molecule has 10 heteroatoms. The van der Waals surface area contributed by atoms with E-state index in [-0.39, 0.29) is 22.2 Å². The monoisotopic (exact) mass is 469 g/mol. The average Bonchev–Trinajstić information content (AvgIpc) is 2.79. The molecule has 0 aliphatic rings. The number of sulfonamides is 1. The van der Waals surface area contributed by atoms with Gasteiger partial charge in [-0.3, -0.25) is 19.6 Å². The molecule has 172 valence electrons. The van der Waals surface area contributed by atoms with Gasteiger partial charge in [-0.2, -0.15) is 0 Å². The molecule has 0 radical (unpaired) electrons. The fourth-order valence-electron chi connectivity index (χ4n) is 3.07. The van der Waals surface area contributed by atoms with Crippen molar-refractivity contribution in [3.05, 3.63) is 93.5 Å². The van der Waals surface area contributed by atoms with E-state index >= 15 is 0 Å². The summed E-state index contributed by atoms with van der Waals surface area (Å²) < 4.78 is 32.7. The topological polar surface area (TPSA) is 128 Å². The summed E-state index contributed by atoms with van der Waals surface area (Å²) in [6, 6.07) is 17.2. The number of nitro groups is 1. The van der Waals surface area contributed by atoms with Crippen LogP contribution < -0.4 is 14.8 Å². The zero-order chi connectivity index (χ0) is 24.0. The maximum atomic E-state index is 12.6. The number of methoxy groups -OCH3 is 1. The van der Waals surface area contributed by atoms with Crippen LogP contribution in [0.2, 0.25) is 0 Å². The van der Waals surface area contributed by atoms with Crippen LogP contribution in [0.4, 0.5) is 11.4 Å². The second kappa shape index (κ2) is 10.1. The van der Waals surface area contributed by atoms with E-state index in [1.165, 1.54) is 43.3 Å². The Kier molecular flexibility index (Phi) is 7.29. The number of nitro benzene ring substituents is 1. The van der Waals surface area contributed by atoms with Crippen molar-refractivity contribution in [2.75, 3.05) is 18.4 Å². The fraction of sp³-hybridized carbons (Fsp3) is 0.174. The lowest BCUT2D eigenvalue weighted by Crippen LogP contribution is -2.25. The summed E-state index contributed by atoms with van der Waals surface area (Å²) in [4.78, 5) is 22.6. The Balaban J connectivity index is 1.60. The van der Waals surface area contributed by atoms with Crippen LogP contribution in [0.15, 0.2) is 71.6 Å². The van der Waals surface area contributed by atoms with Crippen molar-refractivity contribution in [2.24, 2.45) is 0 Å². The molecule has 0 aliphatic heterocycles. The number of anilines is 1. The normalized spacial score (nSPS) is 11.0. The van der Waals surface area contributed by atoms with Crippen LogP contribution in [0.5, 0.6) is 5.75 Å². The van der Waals surface area contributed by atoms with E-state index < -0.39 is 14.9 Å². The first-order valence-corrected chi connectivity index (χ1v) is 11.5. The Bertz CT molecular complexity index is 1260. The lowest BCUT2D eigenvalue weighted by Gasteiger charge is -2.10. The van der Waals surface area contributed by atoms with Gasteiger partial charge < -0.3 is 10.1 Å². The van der Waals surface area contributed by atoms with E-state index in [2.05, 4.69) is 10.0 Å². The molecule has 0 heterocycles. The molecule has 0 fully saturated rings. The molecule has 9 nitrogen and oxygen atoms in total. The minimum atomic E-state index is -4.03. The van der Waals surface area contributed by atoms with Crippen molar-refractivity contribution in [3.8, 4) is 5.75 Å². The Morgan fingerprint density at radius 1 is 1.03 bits per heavy atom. The van der Waals surface area contributed by atoms with E-state index in [1.54, 1.807) is 7.11 Å². The number of nitrogens with zero attached hydrogens (tertiary/aromatic N) is 1. The van der Waals surface area contributed by atoms with Gasteiger partial charge in [0.25, 0.3) is 21.6 Å². The molecule has 33 heavy (non-hydrogen) atoms. The SMILES string of the molecule is COc1ccc(CCNC(=O)c2ccc(NS(=O)(=O)c3ccc(C)c([N+](=O)[O-])c3)cc2)cc1. The largest absolute Gasteiger partial charge is 0.497 e. The van der Waals surface area contributed by atoms with Crippen molar-refractivity contribution in [2.45, 2.75) is 18.2 Å². The summed E-state index contributed by atoms with van der Waals surface area (Å²) >= 11 is 0. The second-order valence-corrected chi connectivity index (χ2v) is 8.92. The van der Waals surface area contributed by atoms with Gasteiger partial charge >= 0.3 is 0 Å². The van der Waals surface area contributed by atoms with Crippen LogP contribution in [-0.2, 0) is 16.4 Å². The number of nitrogens with one attached hydrogen (secondary N) is 2. The van der Waals surface area contributed by atoms with Crippen molar-refractivity contribution >= 4 is 27.3 Å². The van der Waals surface area contributed by atoms with Crippen LogP contribution in [0.1, 0.15) is 21.5 Å². The first-order chi connectivity index (χ1) is 15.7. The van der Waals surface area contributed by atoms with Crippen LogP contribution in [0.25, 0.3) is 0 Å². The Hall–Kier alpha value is -3.92. The van der Waals surface area contributed by atoms with Gasteiger partial charge in [0.1, 0.15) is 5.75 Å². The van der Waals surface area contributed by atoms with Gasteiger partial charge in [-0.05, 0) is 61.4 Å². The van der Waals surface area contributed by atoms with E-state index in [4.69, 9.17) is 4.74 Å². The first kappa shape index (κ1) is 23.7. The molecule has 0 aliphatic carbocycles. The number of ether oxygens (including phenoxy) is 1. The van der Waals surface area contributed by atoms with Crippen molar-refractivity contribution in [1.29, 1.82) is 0 Å². The molecule has 0 bridgehead atoms. The minimum absolute atomic E-state index is 0.222. The van der Waals surface area contributed by atoms with E-state index in [9.17, 15) is 23.3 Å². The average molecular weight is 470 g/mol. The number of carbonyl (C=O) groups excluding carboxylic acids is 1. The van der Waals surface area contributed by atoms with Crippen LogP contribution in [0.3, 0.4) is 0 Å². The van der Waals surface area contributed by atoms with Gasteiger partial charge in [0.15, 0.2) is 0 Å². The molecule has 0 saturated carbocycles. The number of hydrogen-bond acceptors (Lipinski definition) is 6. The molecule has 3 rings (SSSR count). The number of carbonyl (C=O) groups is 1. The van der Waals surface area contributed by atoms with Crippen LogP contribution in [0, 0.1) is 17.0 Å². The summed E-state index contributed by atoms with van der Waals surface area (Å²) in [6.45, 7) is 1.97. The Labute approximate surface area is 191 Å². The smallest absolute Gasteiger partial charge is 0.273 e. The molecule has 0 saturated heterocycles. The number of aryl methyl sites for hydroxylation is 1. The third-order valence-corrected chi connectivity index (χ3v) is 6.32. The van der Waals surface area contributed by atoms with E-state index in [0.29, 0.717) is 24.1 Å². The number of amides is 1.